The summed E-state index contributed by atoms with van der Waals surface area (Å²) in [5.74, 6) is 0.145. The summed E-state index contributed by atoms with van der Waals surface area (Å²) < 4.78 is 0. The van der Waals surface area contributed by atoms with Gasteiger partial charge >= 0.3 is 5.97 Å². The number of thioether (sulfide) groups is 1. The van der Waals surface area contributed by atoms with Crippen molar-refractivity contribution in [2.45, 2.75) is 30.4 Å². The van der Waals surface area contributed by atoms with Crippen molar-refractivity contribution in [1.82, 2.24) is 0 Å². The lowest BCUT2D eigenvalue weighted by Gasteiger charge is -2.26. The number of carboxylic acid groups (broad SMARTS) is 1. The van der Waals surface area contributed by atoms with Crippen LogP contribution in [-0.2, 0) is 4.79 Å². The molecule has 0 spiro atoms. The number of hydrogen-bond acceptors (Lipinski definition) is 3. The first-order valence-corrected chi connectivity index (χ1v) is 7.09. The summed E-state index contributed by atoms with van der Waals surface area (Å²) in [6.45, 7) is 0. The van der Waals surface area contributed by atoms with Crippen molar-refractivity contribution in [2.24, 2.45) is 0 Å². The third-order valence-electron chi connectivity index (χ3n) is 2.70. The first-order valence-electron chi connectivity index (χ1n) is 5.17. The van der Waals surface area contributed by atoms with Gasteiger partial charge in [-0.1, -0.05) is 12.5 Å². The predicted octanol–water partition coefficient (Wildman–Crippen LogP) is 3.20. The Labute approximate surface area is 97.7 Å². The summed E-state index contributed by atoms with van der Waals surface area (Å²) in [7, 11) is 0. The fourth-order valence-corrected chi connectivity index (χ4v) is 4.39. The van der Waals surface area contributed by atoms with Crippen LogP contribution in [0.3, 0.4) is 0 Å². The van der Waals surface area contributed by atoms with Crippen LogP contribution in [0.15, 0.2) is 17.5 Å². The molecule has 0 aliphatic carbocycles. The molecular formula is C11H14O2S2. The molecule has 1 aliphatic rings. The number of hydrogen-bond donors (Lipinski definition) is 1. The number of rotatable bonds is 3. The Morgan fingerprint density at radius 1 is 1.53 bits per heavy atom. The topological polar surface area (TPSA) is 37.3 Å². The van der Waals surface area contributed by atoms with Crippen LogP contribution in [-0.4, -0.2) is 22.1 Å². The van der Waals surface area contributed by atoms with Crippen LogP contribution < -0.4 is 0 Å². The van der Waals surface area contributed by atoms with Crippen LogP contribution in [0.5, 0.6) is 0 Å². The van der Waals surface area contributed by atoms with Crippen molar-refractivity contribution in [1.29, 1.82) is 0 Å². The Kier molecular flexibility index (Phi) is 3.70. The van der Waals surface area contributed by atoms with Gasteiger partial charge < -0.3 is 5.11 Å². The van der Waals surface area contributed by atoms with E-state index >= 15 is 0 Å². The van der Waals surface area contributed by atoms with Crippen molar-refractivity contribution in [3.63, 3.8) is 0 Å². The van der Waals surface area contributed by atoms with E-state index in [1.54, 1.807) is 11.3 Å². The minimum Gasteiger partial charge on any atom is -0.481 e. The number of carboxylic acids is 1. The van der Waals surface area contributed by atoms with Crippen molar-refractivity contribution < 1.29 is 9.90 Å². The van der Waals surface area contributed by atoms with Crippen LogP contribution in [0.2, 0.25) is 0 Å². The predicted molar refractivity (Wildman–Crippen MR) is 64.8 cm³/mol. The largest absolute Gasteiger partial charge is 0.481 e. The molecule has 1 saturated heterocycles. The van der Waals surface area contributed by atoms with E-state index in [4.69, 9.17) is 0 Å². The summed E-state index contributed by atoms with van der Waals surface area (Å²) in [6, 6.07) is 3.88. The van der Waals surface area contributed by atoms with Gasteiger partial charge in [-0.25, -0.2) is 0 Å². The minimum absolute atomic E-state index is 0.273. The van der Waals surface area contributed by atoms with E-state index in [1.165, 1.54) is 12.8 Å². The fraction of sp³-hybridized carbons (Fsp3) is 0.545. The molecule has 2 atom stereocenters. The summed E-state index contributed by atoms with van der Waals surface area (Å²) >= 11 is 3.38. The van der Waals surface area contributed by atoms with Gasteiger partial charge in [0.1, 0.15) is 5.92 Å². The highest BCUT2D eigenvalue weighted by Gasteiger charge is 2.31. The van der Waals surface area contributed by atoms with Crippen molar-refractivity contribution in [3.8, 4) is 0 Å². The van der Waals surface area contributed by atoms with E-state index in [1.807, 2.05) is 29.3 Å². The summed E-state index contributed by atoms with van der Waals surface area (Å²) in [5.41, 5.74) is 0. The highest BCUT2D eigenvalue weighted by molar-refractivity contribution is 8.00. The second-order valence-electron chi connectivity index (χ2n) is 3.74. The average molecular weight is 242 g/mol. The van der Waals surface area contributed by atoms with Crippen molar-refractivity contribution in [2.75, 3.05) is 5.75 Å². The highest BCUT2D eigenvalue weighted by atomic mass is 32.2. The van der Waals surface area contributed by atoms with Gasteiger partial charge in [0.25, 0.3) is 0 Å². The summed E-state index contributed by atoms with van der Waals surface area (Å²) in [4.78, 5) is 12.3. The number of thiophene rings is 1. The SMILES string of the molecule is O=C(O)C(c1cccs1)C1CCCCS1. The van der Waals surface area contributed by atoms with Crippen LogP contribution in [0.25, 0.3) is 0 Å². The Bertz CT molecular complexity index is 315. The molecule has 1 aromatic heterocycles. The fourth-order valence-electron chi connectivity index (χ4n) is 1.96. The van der Waals surface area contributed by atoms with Gasteiger partial charge in [-0.3, -0.25) is 4.79 Å². The van der Waals surface area contributed by atoms with Gasteiger partial charge in [-0.2, -0.15) is 11.8 Å². The van der Waals surface area contributed by atoms with E-state index in [-0.39, 0.29) is 11.2 Å². The molecule has 2 nitrogen and oxygen atoms in total. The second kappa shape index (κ2) is 5.03. The van der Waals surface area contributed by atoms with Crippen LogP contribution in [0, 0.1) is 0 Å². The molecule has 0 amide bonds. The molecule has 4 heteroatoms. The van der Waals surface area contributed by atoms with E-state index in [0.29, 0.717) is 0 Å². The maximum atomic E-state index is 11.3. The zero-order chi connectivity index (χ0) is 10.7. The molecule has 15 heavy (non-hydrogen) atoms. The highest BCUT2D eigenvalue weighted by Crippen LogP contribution is 2.37. The van der Waals surface area contributed by atoms with Crippen LogP contribution in [0.1, 0.15) is 30.1 Å². The lowest BCUT2D eigenvalue weighted by molar-refractivity contribution is -0.138. The van der Waals surface area contributed by atoms with Gasteiger partial charge in [0.15, 0.2) is 0 Å². The summed E-state index contributed by atoms with van der Waals surface area (Å²) in [5, 5.41) is 11.5. The number of carbonyl (C=O) groups is 1. The number of aliphatic carboxylic acids is 1. The Morgan fingerprint density at radius 2 is 2.40 bits per heavy atom. The van der Waals surface area contributed by atoms with Gasteiger partial charge in [0, 0.05) is 10.1 Å². The molecule has 2 heterocycles. The van der Waals surface area contributed by atoms with Gasteiger partial charge in [-0.15, -0.1) is 11.3 Å². The zero-order valence-electron chi connectivity index (χ0n) is 8.39. The zero-order valence-corrected chi connectivity index (χ0v) is 10.0. The Hall–Kier alpha value is -0.480. The maximum Gasteiger partial charge on any atom is 0.312 e. The van der Waals surface area contributed by atoms with Crippen LogP contribution >= 0.6 is 23.1 Å². The average Bonchev–Trinajstić information content (AvgIpc) is 2.72. The molecule has 2 rings (SSSR count). The molecule has 1 aliphatic heterocycles. The minimum atomic E-state index is -0.670. The lowest BCUT2D eigenvalue weighted by atomic mass is 9.98. The van der Waals surface area contributed by atoms with E-state index < -0.39 is 5.97 Å². The Balaban J connectivity index is 2.15. The van der Waals surface area contributed by atoms with Gasteiger partial charge in [-0.05, 0) is 30.0 Å². The molecule has 82 valence electrons. The quantitative estimate of drug-likeness (QED) is 0.884. The smallest absolute Gasteiger partial charge is 0.312 e. The molecule has 2 unspecified atom stereocenters. The van der Waals surface area contributed by atoms with E-state index in [0.717, 1.165) is 17.1 Å². The molecule has 0 radical (unpaired) electrons. The molecule has 0 saturated carbocycles. The molecule has 1 fully saturated rings. The van der Waals surface area contributed by atoms with E-state index in [9.17, 15) is 9.90 Å². The second-order valence-corrected chi connectivity index (χ2v) is 6.06. The third-order valence-corrected chi connectivity index (χ3v) is 5.12. The first-order chi connectivity index (χ1) is 7.29. The Morgan fingerprint density at radius 3 is 2.93 bits per heavy atom. The third kappa shape index (κ3) is 2.55. The molecule has 1 aromatic rings. The van der Waals surface area contributed by atoms with E-state index in [2.05, 4.69) is 0 Å². The normalized spacial score (nSPS) is 23.6. The van der Waals surface area contributed by atoms with Crippen LogP contribution in [0.4, 0.5) is 0 Å². The molecular weight excluding hydrogens is 228 g/mol. The molecule has 0 aromatic carbocycles. The monoisotopic (exact) mass is 242 g/mol. The lowest BCUT2D eigenvalue weighted by Crippen LogP contribution is -2.25. The first kappa shape index (κ1) is 11.0. The summed E-state index contributed by atoms with van der Waals surface area (Å²) in [6.07, 6.45) is 3.45. The van der Waals surface area contributed by atoms with Gasteiger partial charge in [0.2, 0.25) is 0 Å². The maximum absolute atomic E-state index is 11.3. The van der Waals surface area contributed by atoms with Crippen molar-refractivity contribution >= 4 is 29.1 Å². The standard InChI is InChI=1S/C11H14O2S2/c12-11(13)10(9-5-3-7-15-9)8-4-1-2-6-14-8/h3,5,7-8,10H,1-2,4,6H2,(H,12,13). The van der Waals surface area contributed by atoms with Crippen molar-refractivity contribution in [3.05, 3.63) is 22.4 Å². The molecule has 0 bridgehead atoms. The van der Waals surface area contributed by atoms with Gasteiger partial charge in [0.05, 0.1) is 0 Å². The molecule has 1 N–H and O–H groups in total.